The number of methoxy groups -OCH3 is 3. The summed E-state index contributed by atoms with van der Waals surface area (Å²) in [4.78, 5) is 11.7. The number of hydrogen-bond acceptors (Lipinski definition) is 18. The maximum Gasteiger partial charge on any atom is 0.513 e. The third-order valence-corrected chi connectivity index (χ3v) is 7.48. The minimum atomic E-state index is -1.72. The van der Waals surface area contributed by atoms with Crippen molar-refractivity contribution >= 4 is 18.8 Å². The van der Waals surface area contributed by atoms with Crippen LogP contribution in [0.5, 0.6) is 34.5 Å². The summed E-state index contributed by atoms with van der Waals surface area (Å²) in [7, 11) is 3.79. The zero-order valence-electron chi connectivity index (χ0n) is 24.7. The van der Waals surface area contributed by atoms with Gasteiger partial charge in [-0.3, -0.25) is 0 Å². The van der Waals surface area contributed by atoms with Crippen molar-refractivity contribution in [1.29, 1.82) is 0 Å². The lowest BCUT2D eigenvalue weighted by Gasteiger charge is -2.40. The lowest BCUT2D eigenvalue weighted by atomic mass is 9.99. The zero-order chi connectivity index (χ0) is 33.7. The van der Waals surface area contributed by atoms with Crippen LogP contribution >= 0.6 is 12.6 Å². The van der Waals surface area contributed by atoms with Gasteiger partial charge in [-0.1, -0.05) is 0 Å². The Labute approximate surface area is 267 Å². The van der Waals surface area contributed by atoms with Crippen molar-refractivity contribution in [3.8, 4) is 34.5 Å². The van der Waals surface area contributed by atoms with E-state index in [1.54, 1.807) is 0 Å². The van der Waals surface area contributed by atoms with Crippen molar-refractivity contribution in [2.75, 3.05) is 34.5 Å². The van der Waals surface area contributed by atoms with E-state index in [0.717, 1.165) is 7.11 Å². The molecule has 2 aliphatic heterocycles. The quantitative estimate of drug-likeness (QED) is 0.0774. The van der Waals surface area contributed by atoms with Crippen LogP contribution in [0.1, 0.15) is 0 Å². The van der Waals surface area contributed by atoms with Gasteiger partial charge in [0.05, 0.1) is 26.2 Å². The van der Waals surface area contributed by atoms with Gasteiger partial charge in [-0.15, -0.1) is 12.6 Å². The fourth-order valence-corrected chi connectivity index (χ4v) is 4.85. The first kappa shape index (κ1) is 35.6. The Bertz CT molecular complexity index is 1330. The third kappa shape index (κ3) is 7.97. The van der Waals surface area contributed by atoms with Gasteiger partial charge in [0.2, 0.25) is 6.29 Å². The van der Waals surface area contributed by atoms with E-state index in [4.69, 9.17) is 37.9 Å². The summed E-state index contributed by atoms with van der Waals surface area (Å²) in [5, 5.41) is 71.0. The number of ether oxygens (including phenoxy) is 9. The van der Waals surface area contributed by atoms with Crippen LogP contribution in [0.15, 0.2) is 35.2 Å². The highest BCUT2D eigenvalue weighted by atomic mass is 32.1. The van der Waals surface area contributed by atoms with Gasteiger partial charge in [0.25, 0.3) is 0 Å². The molecular weight excluding hydrogens is 640 g/mol. The molecule has 256 valence electrons. The van der Waals surface area contributed by atoms with Crippen LogP contribution in [0.25, 0.3) is 0 Å². The Balaban J connectivity index is 1.41. The lowest BCUT2D eigenvalue weighted by molar-refractivity contribution is -0.285. The average molecular weight is 677 g/mol. The first-order valence-electron chi connectivity index (χ1n) is 13.7. The number of benzene rings is 2. The summed E-state index contributed by atoms with van der Waals surface area (Å²) < 4.78 is 48.0. The first-order valence-corrected chi connectivity index (χ1v) is 14.2. The van der Waals surface area contributed by atoms with Crippen LogP contribution in [0, 0.1) is 0 Å². The van der Waals surface area contributed by atoms with Gasteiger partial charge in [0.1, 0.15) is 73.5 Å². The van der Waals surface area contributed by atoms with Crippen LogP contribution in [0.2, 0.25) is 0 Å². The molecule has 2 saturated heterocycles. The molecule has 17 nitrogen and oxygen atoms in total. The SMILES string of the molecule is COC(=O)Oc1c(S)cc(OCC2OC(Oc3ccc(OCC4OC(O)C(O)C(O)C4O)cc3OC)C(O)C(O)C2O)cc1OC. The Morgan fingerprint density at radius 2 is 1.30 bits per heavy atom. The summed E-state index contributed by atoms with van der Waals surface area (Å²) in [5.41, 5.74) is 0. The maximum absolute atomic E-state index is 11.5. The highest BCUT2D eigenvalue weighted by Gasteiger charge is 2.46. The summed E-state index contributed by atoms with van der Waals surface area (Å²) in [6.07, 6.45) is -16.4. The maximum atomic E-state index is 11.5. The molecule has 0 spiro atoms. The van der Waals surface area contributed by atoms with Crippen molar-refractivity contribution in [3.05, 3.63) is 30.3 Å². The van der Waals surface area contributed by atoms with Crippen molar-refractivity contribution in [3.63, 3.8) is 0 Å². The van der Waals surface area contributed by atoms with Gasteiger partial charge in [-0.25, -0.2) is 4.79 Å². The summed E-state index contributed by atoms with van der Waals surface area (Å²) in [6, 6.07) is 7.02. The van der Waals surface area contributed by atoms with E-state index in [2.05, 4.69) is 17.4 Å². The van der Waals surface area contributed by atoms with Gasteiger partial charge >= 0.3 is 6.16 Å². The third-order valence-electron chi connectivity index (χ3n) is 7.14. The molecule has 0 amide bonds. The number of rotatable bonds is 11. The minimum absolute atomic E-state index is 0.0197. The van der Waals surface area contributed by atoms with Crippen LogP contribution in [-0.2, 0) is 14.2 Å². The van der Waals surface area contributed by atoms with Crippen molar-refractivity contribution in [1.82, 2.24) is 0 Å². The van der Waals surface area contributed by atoms with Crippen LogP contribution in [-0.4, -0.2) is 138 Å². The molecule has 0 saturated carbocycles. The van der Waals surface area contributed by atoms with Gasteiger partial charge < -0.3 is 78.4 Å². The Kier molecular flexibility index (Phi) is 12.0. The van der Waals surface area contributed by atoms with Crippen molar-refractivity contribution < 1.29 is 83.2 Å². The predicted octanol–water partition coefficient (Wildman–Crippen LogP) is -1.42. The number of hydrogen-bond donors (Lipinski definition) is 8. The van der Waals surface area contributed by atoms with E-state index in [0.29, 0.717) is 0 Å². The molecule has 10 atom stereocenters. The molecule has 2 aliphatic rings. The zero-order valence-corrected chi connectivity index (χ0v) is 25.6. The average Bonchev–Trinajstić information content (AvgIpc) is 3.05. The fourth-order valence-electron chi connectivity index (χ4n) is 4.56. The van der Waals surface area contributed by atoms with E-state index in [9.17, 15) is 40.5 Å². The van der Waals surface area contributed by atoms with E-state index in [-0.39, 0.29) is 52.6 Å². The number of carbonyl (C=O) groups is 1. The van der Waals surface area contributed by atoms with Gasteiger partial charge in [0.15, 0.2) is 29.3 Å². The lowest BCUT2D eigenvalue weighted by Crippen LogP contribution is -2.60. The highest BCUT2D eigenvalue weighted by Crippen LogP contribution is 2.39. The monoisotopic (exact) mass is 676 g/mol. The summed E-state index contributed by atoms with van der Waals surface area (Å²) in [6.45, 7) is -0.652. The predicted molar refractivity (Wildman–Crippen MR) is 153 cm³/mol. The van der Waals surface area contributed by atoms with Crippen LogP contribution in [0.4, 0.5) is 4.79 Å². The second-order valence-electron chi connectivity index (χ2n) is 10.1. The second kappa shape index (κ2) is 15.5. The molecule has 2 aromatic rings. The minimum Gasteiger partial charge on any atom is -0.493 e. The summed E-state index contributed by atoms with van der Waals surface area (Å²) >= 11 is 4.28. The number of aliphatic hydroxyl groups excluding tert-OH is 7. The van der Waals surface area contributed by atoms with Gasteiger partial charge in [0, 0.05) is 12.1 Å². The normalized spacial score (nSPS) is 31.0. The standard InChI is InChI=1S/C28H36O17S/c1-37-14-6-11(40-9-16-19(29)21(31)23(33)26(35)42-16)4-5-13(14)43-27-24(34)22(32)20(30)17(44-27)10-41-12-7-15(38-2)25(18(46)8-12)45-28(36)39-3/h4-8,16-17,19-24,26-27,29-35,46H,9-10H2,1-3H3. The Morgan fingerprint density at radius 3 is 1.93 bits per heavy atom. The molecule has 0 radical (unpaired) electrons. The molecule has 0 bridgehead atoms. The molecular formula is C28H36O17S. The van der Waals surface area contributed by atoms with Gasteiger partial charge in [-0.2, -0.15) is 0 Å². The molecule has 2 aromatic carbocycles. The topological polar surface area (TPSA) is 242 Å². The molecule has 46 heavy (non-hydrogen) atoms. The molecule has 2 fully saturated rings. The van der Waals surface area contributed by atoms with Crippen molar-refractivity contribution in [2.45, 2.75) is 66.3 Å². The second-order valence-corrected chi connectivity index (χ2v) is 10.6. The number of carbonyl (C=O) groups excluding carboxylic acids is 1. The van der Waals surface area contributed by atoms with Crippen molar-refractivity contribution in [2.24, 2.45) is 0 Å². The number of thiol groups is 1. The largest absolute Gasteiger partial charge is 0.513 e. The van der Waals surface area contributed by atoms with E-state index in [1.165, 1.54) is 44.6 Å². The Hall–Kier alpha value is -3.30. The smallest absolute Gasteiger partial charge is 0.493 e. The van der Waals surface area contributed by atoms with Crippen LogP contribution in [0.3, 0.4) is 0 Å². The van der Waals surface area contributed by atoms with Crippen LogP contribution < -0.4 is 28.4 Å². The van der Waals surface area contributed by atoms with E-state index in [1.807, 2.05) is 0 Å². The fraction of sp³-hybridized carbons (Fsp3) is 0.536. The molecule has 10 unspecified atom stereocenters. The Morgan fingerprint density at radius 1 is 0.717 bits per heavy atom. The molecule has 0 aromatic heterocycles. The van der Waals surface area contributed by atoms with E-state index >= 15 is 0 Å². The van der Waals surface area contributed by atoms with Gasteiger partial charge in [-0.05, 0) is 18.2 Å². The van der Waals surface area contributed by atoms with E-state index < -0.39 is 67.6 Å². The molecule has 0 aliphatic carbocycles. The first-order chi connectivity index (χ1) is 21.9. The number of aliphatic hydroxyl groups is 7. The molecule has 4 rings (SSSR count). The molecule has 18 heteroatoms. The highest BCUT2D eigenvalue weighted by molar-refractivity contribution is 7.80. The molecule has 7 N–H and O–H groups in total. The summed E-state index contributed by atoms with van der Waals surface area (Å²) in [5.74, 6) is 0.598. The molecule has 2 heterocycles.